The number of nitrogens with one attached hydrogen (secondary N) is 1. The van der Waals surface area contributed by atoms with Crippen molar-refractivity contribution in [3.05, 3.63) is 23.9 Å². The zero-order valence-corrected chi connectivity index (χ0v) is 13.2. The first-order valence-electron chi connectivity index (χ1n) is 7.35. The number of nitrogens with zero attached hydrogens (tertiary/aromatic N) is 2. The fourth-order valence-electron chi connectivity index (χ4n) is 2.16. The van der Waals surface area contributed by atoms with Crippen molar-refractivity contribution in [2.45, 2.75) is 26.3 Å². The van der Waals surface area contributed by atoms with Crippen LogP contribution in [0.25, 0.3) is 0 Å². The third-order valence-corrected chi connectivity index (χ3v) is 4.67. The molecule has 2 heterocycles. The Morgan fingerprint density at radius 1 is 1.33 bits per heavy atom. The number of morpholine rings is 1. The monoisotopic (exact) mass is 313 g/mol. The second-order valence-corrected chi connectivity index (χ2v) is 7.02. The molecular formula is C14H23N3O3S. The van der Waals surface area contributed by atoms with Gasteiger partial charge in [-0.25, -0.2) is 13.4 Å². The zero-order valence-electron chi connectivity index (χ0n) is 12.4. The van der Waals surface area contributed by atoms with E-state index in [0.717, 1.165) is 38.4 Å². The van der Waals surface area contributed by atoms with E-state index in [1.165, 1.54) is 0 Å². The lowest BCUT2D eigenvalue weighted by molar-refractivity contribution is 0.0337. The van der Waals surface area contributed by atoms with Crippen LogP contribution in [0.2, 0.25) is 0 Å². The molecule has 0 amide bonds. The van der Waals surface area contributed by atoms with E-state index >= 15 is 0 Å². The maximum absolute atomic E-state index is 11.9. The van der Waals surface area contributed by atoms with Crippen molar-refractivity contribution in [2.24, 2.45) is 0 Å². The quantitative estimate of drug-likeness (QED) is 0.825. The van der Waals surface area contributed by atoms with E-state index in [-0.39, 0.29) is 5.75 Å². The molecule has 0 spiro atoms. The molecule has 0 bridgehead atoms. The summed E-state index contributed by atoms with van der Waals surface area (Å²) in [6.45, 7) is 5.93. The van der Waals surface area contributed by atoms with Crippen LogP contribution in [0.15, 0.2) is 18.2 Å². The highest BCUT2D eigenvalue weighted by atomic mass is 32.2. The van der Waals surface area contributed by atoms with E-state index in [2.05, 4.69) is 14.6 Å². The topological polar surface area (TPSA) is 71.5 Å². The molecule has 1 aliphatic heterocycles. The van der Waals surface area contributed by atoms with Crippen LogP contribution < -0.4 is 4.72 Å². The fraction of sp³-hybridized carbons (Fsp3) is 0.643. The van der Waals surface area contributed by atoms with Crippen LogP contribution in [0, 0.1) is 0 Å². The van der Waals surface area contributed by atoms with Crippen molar-refractivity contribution in [3.8, 4) is 0 Å². The summed E-state index contributed by atoms with van der Waals surface area (Å²) in [4.78, 5) is 6.64. The third kappa shape index (κ3) is 5.61. The van der Waals surface area contributed by atoms with E-state index in [0.29, 0.717) is 18.8 Å². The van der Waals surface area contributed by atoms with Crippen LogP contribution in [0.3, 0.4) is 0 Å². The average Bonchev–Trinajstić information content (AvgIpc) is 2.46. The number of rotatable bonds is 7. The van der Waals surface area contributed by atoms with E-state index in [4.69, 9.17) is 4.74 Å². The van der Waals surface area contributed by atoms with Gasteiger partial charge >= 0.3 is 0 Å². The smallest absolute Gasteiger partial charge is 0.233 e. The number of aromatic nitrogens is 1. The molecule has 118 valence electrons. The lowest BCUT2D eigenvalue weighted by Crippen LogP contribution is -2.35. The maximum Gasteiger partial charge on any atom is 0.233 e. The van der Waals surface area contributed by atoms with Crippen molar-refractivity contribution in [1.29, 1.82) is 0 Å². The third-order valence-electron chi connectivity index (χ3n) is 3.32. The molecule has 0 unspecified atom stereocenters. The van der Waals surface area contributed by atoms with Gasteiger partial charge in [-0.15, -0.1) is 0 Å². The van der Waals surface area contributed by atoms with Gasteiger partial charge < -0.3 is 4.74 Å². The van der Waals surface area contributed by atoms with Crippen molar-refractivity contribution in [1.82, 2.24) is 9.88 Å². The van der Waals surface area contributed by atoms with Crippen molar-refractivity contribution < 1.29 is 13.2 Å². The van der Waals surface area contributed by atoms with Gasteiger partial charge in [0, 0.05) is 19.6 Å². The molecule has 6 nitrogen and oxygen atoms in total. The molecule has 1 saturated heterocycles. The van der Waals surface area contributed by atoms with E-state index in [1.807, 2.05) is 19.1 Å². The normalized spacial score (nSPS) is 16.8. The molecule has 0 radical (unpaired) electrons. The molecule has 1 N–H and O–H groups in total. The molecule has 2 rings (SSSR count). The summed E-state index contributed by atoms with van der Waals surface area (Å²) in [5.41, 5.74) is 0.868. The van der Waals surface area contributed by atoms with Gasteiger partial charge in [-0.05, 0) is 18.6 Å². The molecule has 1 aromatic heterocycles. The maximum atomic E-state index is 11.9. The van der Waals surface area contributed by atoms with Gasteiger partial charge in [0.25, 0.3) is 0 Å². The Labute approximate surface area is 126 Å². The molecule has 0 saturated carbocycles. The van der Waals surface area contributed by atoms with Gasteiger partial charge in [0.05, 0.1) is 24.7 Å². The number of hydrogen-bond donors (Lipinski definition) is 1. The first kappa shape index (κ1) is 16.2. The molecule has 0 aromatic carbocycles. The van der Waals surface area contributed by atoms with Gasteiger partial charge in [0.15, 0.2) is 0 Å². The second-order valence-electron chi connectivity index (χ2n) is 5.18. The summed E-state index contributed by atoms with van der Waals surface area (Å²) in [7, 11) is -3.29. The summed E-state index contributed by atoms with van der Waals surface area (Å²) in [5, 5.41) is 0. The summed E-state index contributed by atoms with van der Waals surface area (Å²) >= 11 is 0. The first-order chi connectivity index (χ1) is 10.1. The minimum Gasteiger partial charge on any atom is -0.379 e. The standard InChI is InChI=1S/C14H23N3O3S/c1-2-3-11-21(18,19)16-14-6-4-5-13(15-14)12-17-7-9-20-10-8-17/h4-6H,2-3,7-12H2,1H3,(H,15,16). The minimum absolute atomic E-state index is 0.138. The van der Waals surface area contributed by atoms with Gasteiger partial charge in [-0.3, -0.25) is 9.62 Å². The largest absolute Gasteiger partial charge is 0.379 e. The van der Waals surface area contributed by atoms with Crippen molar-refractivity contribution in [2.75, 3.05) is 36.8 Å². The van der Waals surface area contributed by atoms with Crippen LogP contribution in [0.1, 0.15) is 25.5 Å². The van der Waals surface area contributed by atoms with Crippen LogP contribution in [-0.2, 0) is 21.3 Å². The molecule has 0 atom stereocenters. The lowest BCUT2D eigenvalue weighted by atomic mass is 10.3. The second kappa shape index (κ2) is 7.72. The highest BCUT2D eigenvalue weighted by Crippen LogP contribution is 2.11. The zero-order chi connectivity index (χ0) is 15.1. The Hall–Kier alpha value is -1.18. The van der Waals surface area contributed by atoms with E-state index in [9.17, 15) is 8.42 Å². The summed E-state index contributed by atoms with van der Waals surface area (Å²) in [5.74, 6) is 0.538. The summed E-state index contributed by atoms with van der Waals surface area (Å²) in [6, 6.07) is 5.44. The van der Waals surface area contributed by atoms with Crippen molar-refractivity contribution in [3.63, 3.8) is 0 Å². The average molecular weight is 313 g/mol. The molecule has 1 aromatic rings. The summed E-state index contributed by atoms with van der Waals surface area (Å²) < 4.78 is 31.6. The number of ether oxygens (including phenoxy) is 1. The minimum atomic E-state index is -3.29. The first-order valence-corrected chi connectivity index (χ1v) is 9.01. The molecule has 1 fully saturated rings. The highest BCUT2D eigenvalue weighted by Gasteiger charge is 2.13. The van der Waals surface area contributed by atoms with Crippen LogP contribution in [0.4, 0.5) is 5.82 Å². The summed E-state index contributed by atoms with van der Waals surface area (Å²) in [6.07, 6.45) is 1.51. The molecule has 21 heavy (non-hydrogen) atoms. The number of pyridine rings is 1. The SMILES string of the molecule is CCCCS(=O)(=O)Nc1cccc(CN2CCOCC2)n1. The van der Waals surface area contributed by atoms with E-state index in [1.54, 1.807) is 6.07 Å². The van der Waals surface area contributed by atoms with Gasteiger partial charge in [0.1, 0.15) is 5.82 Å². The Bertz CT molecular complexity index is 542. The number of sulfonamides is 1. The van der Waals surface area contributed by atoms with Gasteiger partial charge in [0.2, 0.25) is 10.0 Å². The number of anilines is 1. The van der Waals surface area contributed by atoms with Crippen LogP contribution >= 0.6 is 0 Å². The van der Waals surface area contributed by atoms with Gasteiger partial charge in [-0.2, -0.15) is 0 Å². The number of unbranched alkanes of at least 4 members (excludes halogenated alkanes) is 1. The Morgan fingerprint density at radius 2 is 2.10 bits per heavy atom. The Morgan fingerprint density at radius 3 is 2.81 bits per heavy atom. The molecule has 0 aliphatic carbocycles. The van der Waals surface area contributed by atoms with Crippen molar-refractivity contribution >= 4 is 15.8 Å². The van der Waals surface area contributed by atoms with Crippen LogP contribution in [-0.4, -0.2) is 50.4 Å². The van der Waals surface area contributed by atoms with E-state index < -0.39 is 10.0 Å². The predicted molar refractivity (Wildman–Crippen MR) is 82.7 cm³/mol. The molecular weight excluding hydrogens is 290 g/mol. The van der Waals surface area contributed by atoms with Crippen LogP contribution in [0.5, 0.6) is 0 Å². The molecule has 1 aliphatic rings. The Balaban J connectivity index is 1.96. The highest BCUT2D eigenvalue weighted by molar-refractivity contribution is 7.92. The lowest BCUT2D eigenvalue weighted by Gasteiger charge is -2.26. The fourth-order valence-corrected chi connectivity index (χ4v) is 3.36. The Kier molecular flexibility index (Phi) is 5.96. The number of hydrogen-bond acceptors (Lipinski definition) is 5. The molecule has 7 heteroatoms. The predicted octanol–water partition coefficient (Wildman–Crippen LogP) is 1.46. The van der Waals surface area contributed by atoms with Gasteiger partial charge in [-0.1, -0.05) is 19.4 Å².